The molecule has 1 atom stereocenters. The first-order valence-corrected chi connectivity index (χ1v) is 4.80. The van der Waals surface area contributed by atoms with Gasteiger partial charge in [0.25, 0.3) is 0 Å². The summed E-state index contributed by atoms with van der Waals surface area (Å²) in [6.45, 7) is 0.986. The van der Waals surface area contributed by atoms with Crippen molar-refractivity contribution in [3.05, 3.63) is 39.9 Å². The summed E-state index contributed by atoms with van der Waals surface area (Å²) in [6.07, 6.45) is 0. The summed E-state index contributed by atoms with van der Waals surface area (Å²) in [5.41, 5.74) is 0.644. The Morgan fingerprint density at radius 1 is 1.44 bits per heavy atom. The average molecular weight is 223 g/mol. The van der Waals surface area contributed by atoms with Gasteiger partial charge in [-0.1, -0.05) is 12.1 Å². The number of hydrogen-bond acceptors (Lipinski definition) is 4. The molecule has 0 radical (unpaired) electrons. The van der Waals surface area contributed by atoms with Crippen LogP contribution in [0.2, 0.25) is 0 Å². The van der Waals surface area contributed by atoms with E-state index < -0.39 is 10.8 Å². The molecule has 1 aromatic rings. The molecule has 0 fully saturated rings. The number of ketones is 1. The molecule has 0 unspecified atom stereocenters. The molecule has 86 valence electrons. The van der Waals surface area contributed by atoms with E-state index in [1.165, 1.54) is 14.0 Å². The van der Waals surface area contributed by atoms with Gasteiger partial charge in [-0.25, -0.2) is 0 Å². The maximum Gasteiger partial charge on any atom is 0.217 e. The molecular weight excluding hydrogens is 210 g/mol. The minimum absolute atomic E-state index is 0.207. The highest BCUT2D eigenvalue weighted by molar-refractivity contribution is 5.83. The number of carbonyl (C=O) groups is 1. The van der Waals surface area contributed by atoms with Gasteiger partial charge in [0.1, 0.15) is 17.5 Å². The predicted molar refractivity (Wildman–Crippen MR) is 58.3 cm³/mol. The third kappa shape index (κ3) is 3.05. The molecule has 0 saturated heterocycles. The second-order valence-electron chi connectivity index (χ2n) is 3.45. The van der Waals surface area contributed by atoms with Crippen LogP contribution in [0.3, 0.4) is 0 Å². The zero-order valence-electron chi connectivity index (χ0n) is 9.17. The molecule has 5 nitrogen and oxygen atoms in total. The number of nitrogens with zero attached hydrogens (tertiary/aromatic N) is 1. The summed E-state index contributed by atoms with van der Waals surface area (Å²) in [4.78, 5) is 21.3. The third-order valence-corrected chi connectivity index (χ3v) is 2.34. The molecule has 0 saturated carbocycles. The van der Waals surface area contributed by atoms with Crippen molar-refractivity contribution in [2.75, 3.05) is 13.7 Å². The fourth-order valence-corrected chi connectivity index (χ4v) is 1.45. The van der Waals surface area contributed by atoms with Crippen LogP contribution in [0.4, 0.5) is 0 Å². The second-order valence-corrected chi connectivity index (χ2v) is 3.45. The summed E-state index contributed by atoms with van der Waals surface area (Å²) < 4.78 is 4.97. The van der Waals surface area contributed by atoms with Gasteiger partial charge in [0.05, 0.1) is 7.11 Å². The van der Waals surface area contributed by atoms with Gasteiger partial charge in [-0.3, -0.25) is 14.9 Å². The number of hydrogen-bond donors (Lipinski definition) is 0. The van der Waals surface area contributed by atoms with Crippen molar-refractivity contribution in [1.82, 2.24) is 0 Å². The molecule has 0 heterocycles. The summed E-state index contributed by atoms with van der Waals surface area (Å²) in [5.74, 6) is -0.227. The fourth-order valence-electron chi connectivity index (χ4n) is 1.45. The van der Waals surface area contributed by atoms with Crippen LogP contribution in [0, 0.1) is 10.1 Å². The summed E-state index contributed by atoms with van der Waals surface area (Å²) >= 11 is 0. The van der Waals surface area contributed by atoms with Crippen LogP contribution in [-0.4, -0.2) is 24.4 Å². The molecule has 1 rings (SSSR count). The van der Waals surface area contributed by atoms with E-state index in [1.54, 1.807) is 24.3 Å². The van der Waals surface area contributed by atoms with E-state index in [2.05, 4.69) is 0 Å². The first-order valence-electron chi connectivity index (χ1n) is 4.80. The van der Waals surface area contributed by atoms with Crippen molar-refractivity contribution in [3.63, 3.8) is 0 Å². The Morgan fingerprint density at radius 3 is 2.38 bits per heavy atom. The third-order valence-electron chi connectivity index (χ3n) is 2.34. The quantitative estimate of drug-likeness (QED) is 0.562. The molecule has 0 aliphatic heterocycles. The molecule has 0 spiro atoms. The lowest BCUT2D eigenvalue weighted by atomic mass is 9.95. The first kappa shape index (κ1) is 12.2. The highest BCUT2D eigenvalue weighted by Gasteiger charge is 2.22. The van der Waals surface area contributed by atoms with Gasteiger partial charge in [-0.2, -0.15) is 0 Å². The van der Waals surface area contributed by atoms with E-state index in [0.29, 0.717) is 11.3 Å². The van der Waals surface area contributed by atoms with Gasteiger partial charge >= 0.3 is 0 Å². The normalized spacial score (nSPS) is 11.9. The SMILES string of the molecule is COc1ccc([C@@H](C[N+](=O)[O-])C(C)=O)cc1. The number of benzene rings is 1. The van der Waals surface area contributed by atoms with E-state index in [1.807, 2.05) is 0 Å². The molecular formula is C11H13NO4. The molecule has 16 heavy (non-hydrogen) atoms. The summed E-state index contributed by atoms with van der Waals surface area (Å²) in [7, 11) is 1.54. The Morgan fingerprint density at radius 2 is 2.00 bits per heavy atom. The monoisotopic (exact) mass is 223 g/mol. The zero-order chi connectivity index (χ0) is 12.1. The fraction of sp³-hybridized carbons (Fsp3) is 0.364. The van der Waals surface area contributed by atoms with Gasteiger partial charge < -0.3 is 4.74 Å². The van der Waals surface area contributed by atoms with Gasteiger partial charge in [0.2, 0.25) is 6.54 Å². The van der Waals surface area contributed by atoms with Gasteiger partial charge in [0, 0.05) is 4.92 Å². The van der Waals surface area contributed by atoms with Crippen LogP contribution in [-0.2, 0) is 4.79 Å². The van der Waals surface area contributed by atoms with Crippen LogP contribution in [0.5, 0.6) is 5.75 Å². The van der Waals surface area contributed by atoms with Gasteiger partial charge in [0.15, 0.2) is 0 Å². The van der Waals surface area contributed by atoms with E-state index in [-0.39, 0.29) is 12.3 Å². The molecule has 5 heteroatoms. The van der Waals surface area contributed by atoms with Gasteiger partial charge in [-0.05, 0) is 24.6 Å². The number of methoxy groups -OCH3 is 1. The topological polar surface area (TPSA) is 69.4 Å². The Balaban J connectivity index is 2.92. The minimum atomic E-state index is -0.680. The van der Waals surface area contributed by atoms with Crippen molar-refractivity contribution in [1.29, 1.82) is 0 Å². The standard InChI is InChI=1S/C11H13NO4/c1-8(13)11(7-12(14)15)9-3-5-10(16-2)6-4-9/h3-6,11H,7H2,1-2H3/t11-/m0/s1. The molecule has 0 aliphatic rings. The maximum absolute atomic E-state index is 11.3. The summed E-state index contributed by atoms with van der Waals surface area (Å²) in [5, 5.41) is 10.4. The molecule has 0 aliphatic carbocycles. The number of ether oxygens (including phenoxy) is 1. The van der Waals surface area contributed by atoms with Crippen molar-refractivity contribution in [3.8, 4) is 5.75 Å². The lowest BCUT2D eigenvalue weighted by Gasteiger charge is -2.10. The lowest BCUT2D eigenvalue weighted by molar-refractivity contribution is -0.481. The Hall–Kier alpha value is -1.91. The smallest absolute Gasteiger partial charge is 0.217 e. The van der Waals surface area contributed by atoms with Crippen LogP contribution < -0.4 is 4.74 Å². The van der Waals surface area contributed by atoms with Crippen LogP contribution >= 0.6 is 0 Å². The summed E-state index contributed by atoms with van der Waals surface area (Å²) in [6, 6.07) is 6.72. The molecule has 0 aromatic heterocycles. The van der Waals surface area contributed by atoms with E-state index in [0.717, 1.165) is 0 Å². The van der Waals surface area contributed by atoms with E-state index >= 15 is 0 Å². The largest absolute Gasteiger partial charge is 0.497 e. The van der Waals surface area contributed by atoms with Crippen molar-refractivity contribution in [2.24, 2.45) is 0 Å². The number of Topliss-reactive ketones (excluding diaryl/α,β-unsaturated/α-hetero) is 1. The Bertz CT molecular complexity index is 385. The number of nitro groups is 1. The lowest BCUT2D eigenvalue weighted by Crippen LogP contribution is -2.19. The van der Waals surface area contributed by atoms with Crippen LogP contribution in [0.25, 0.3) is 0 Å². The minimum Gasteiger partial charge on any atom is -0.497 e. The van der Waals surface area contributed by atoms with Crippen LogP contribution in [0.1, 0.15) is 18.4 Å². The highest BCUT2D eigenvalue weighted by Crippen LogP contribution is 2.20. The Labute approximate surface area is 93.2 Å². The molecule has 0 bridgehead atoms. The van der Waals surface area contributed by atoms with Gasteiger partial charge in [-0.15, -0.1) is 0 Å². The van der Waals surface area contributed by atoms with E-state index in [4.69, 9.17) is 4.74 Å². The zero-order valence-corrected chi connectivity index (χ0v) is 9.17. The maximum atomic E-state index is 11.3. The molecule has 0 N–H and O–H groups in total. The number of carbonyl (C=O) groups excluding carboxylic acids is 1. The van der Waals surface area contributed by atoms with E-state index in [9.17, 15) is 14.9 Å². The van der Waals surface area contributed by atoms with Crippen molar-refractivity contribution >= 4 is 5.78 Å². The predicted octanol–water partition coefficient (Wildman–Crippen LogP) is 1.64. The number of rotatable bonds is 5. The molecule has 0 amide bonds. The van der Waals surface area contributed by atoms with Crippen LogP contribution in [0.15, 0.2) is 24.3 Å². The Kier molecular flexibility index (Phi) is 3.99. The average Bonchev–Trinajstić information content (AvgIpc) is 2.25. The van der Waals surface area contributed by atoms with Crippen molar-refractivity contribution < 1.29 is 14.5 Å². The second kappa shape index (κ2) is 5.25. The first-order chi connectivity index (χ1) is 7.54. The van der Waals surface area contributed by atoms with Crippen molar-refractivity contribution in [2.45, 2.75) is 12.8 Å². The highest BCUT2D eigenvalue weighted by atomic mass is 16.6. The molecule has 1 aromatic carbocycles.